The van der Waals surface area contributed by atoms with Crippen LogP contribution in [0.2, 0.25) is 10.0 Å². The normalized spacial score (nSPS) is 17.4. The Hall–Kier alpha value is -2.02. The molecule has 1 aromatic heterocycles. The number of hydrogen-bond acceptors (Lipinski definition) is 4. The number of halogens is 2. The van der Waals surface area contributed by atoms with E-state index in [9.17, 15) is 9.59 Å². The number of aromatic amines is 1. The Balaban J connectivity index is 1.78. The van der Waals surface area contributed by atoms with Crippen LogP contribution >= 0.6 is 23.2 Å². The van der Waals surface area contributed by atoms with Gasteiger partial charge in [-0.2, -0.15) is 0 Å². The lowest BCUT2D eigenvalue weighted by Gasteiger charge is -2.33. The van der Waals surface area contributed by atoms with Gasteiger partial charge >= 0.3 is 0 Å². The summed E-state index contributed by atoms with van der Waals surface area (Å²) in [5.41, 5.74) is 0.703. The number of nitrogens with zero attached hydrogens (tertiary/aromatic N) is 1. The summed E-state index contributed by atoms with van der Waals surface area (Å²) in [5, 5.41) is 0.899. The molecule has 25 heavy (non-hydrogen) atoms. The van der Waals surface area contributed by atoms with Gasteiger partial charge in [-0.25, -0.2) is 0 Å². The Morgan fingerprint density at radius 1 is 1.32 bits per heavy atom. The van der Waals surface area contributed by atoms with E-state index in [1.54, 1.807) is 17.0 Å². The summed E-state index contributed by atoms with van der Waals surface area (Å²) in [6.45, 7) is 1.17. The van der Waals surface area contributed by atoms with Gasteiger partial charge in [-0.15, -0.1) is 0 Å². The molecule has 0 unspecified atom stereocenters. The Morgan fingerprint density at radius 2 is 2.12 bits per heavy atom. The van der Waals surface area contributed by atoms with Crippen molar-refractivity contribution >= 4 is 29.1 Å². The number of ether oxygens (including phenoxy) is 2. The summed E-state index contributed by atoms with van der Waals surface area (Å²) in [6.07, 6.45) is 1.07. The maximum absolute atomic E-state index is 12.7. The fourth-order valence-corrected chi connectivity index (χ4v) is 2.97. The van der Waals surface area contributed by atoms with Crippen LogP contribution in [0.1, 0.15) is 22.2 Å². The molecule has 8 heteroatoms. The second kappa shape index (κ2) is 7.47. The molecule has 2 heterocycles. The first kappa shape index (κ1) is 17.8. The standard InChI is InChI=1S/C17H16Cl2N2O4/c1-24-15-8-20-13(7-14(15)22)17(23)21-4-5-25-16(9-21)10-2-3-11(18)12(19)6-10/h2-3,6-8,16H,4-5,9H2,1H3,(H,20,22)/t16-/m0/s1. The first-order valence-corrected chi connectivity index (χ1v) is 8.37. The summed E-state index contributed by atoms with van der Waals surface area (Å²) in [5.74, 6) is -0.111. The molecule has 3 rings (SSSR count). The average molecular weight is 383 g/mol. The lowest BCUT2D eigenvalue weighted by atomic mass is 10.1. The van der Waals surface area contributed by atoms with Crippen molar-refractivity contribution in [2.45, 2.75) is 6.10 Å². The molecule has 0 aliphatic carbocycles. The molecule has 1 saturated heterocycles. The highest BCUT2D eigenvalue weighted by Gasteiger charge is 2.27. The maximum atomic E-state index is 12.7. The van der Waals surface area contributed by atoms with Gasteiger partial charge in [-0.05, 0) is 17.7 Å². The van der Waals surface area contributed by atoms with Crippen LogP contribution in [0.4, 0.5) is 0 Å². The van der Waals surface area contributed by atoms with Gasteiger partial charge in [0, 0.05) is 18.8 Å². The molecule has 1 aliphatic heterocycles. The van der Waals surface area contributed by atoms with Gasteiger partial charge in [0.2, 0.25) is 5.43 Å². The molecule has 2 aromatic rings. The summed E-state index contributed by atoms with van der Waals surface area (Å²) in [6, 6.07) is 6.50. The lowest BCUT2D eigenvalue weighted by molar-refractivity contribution is -0.0230. The number of pyridine rings is 1. The second-order valence-electron chi connectivity index (χ2n) is 5.56. The van der Waals surface area contributed by atoms with Crippen molar-refractivity contribution in [3.05, 3.63) is 62.0 Å². The van der Waals surface area contributed by atoms with Gasteiger partial charge in [0.15, 0.2) is 5.75 Å². The highest BCUT2D eigenvalue weighted by atomic mass is 35.5. The fraction of sp³-hybridized carbons (Fsp3) is 0.294. The van der Waals surface area contributed by atoms with Crippen LogP contribution in [-0.2, 0) is 4.74 Å². The molecule has 0 radical (unpaired) electrons. The fourth-order valence-electron chi connectivity index (χ4n) is 2.66. The highest BCUT2D eigenvalue weighted by Crippen LogP contribution is 2.29. The Kier molecular flexibility index (Phi) is 5.32. The van der Waals surface area contributed by atoms with Gasteiger partial charge in [0.25, 0.3) is 5.91 Å². The topological polar surface area (TPSA) is 71.6 Å². The van der Waals surface area contributed by atoms with Crippen LogP contribution in [0.25, 0.3) is 0 Å². The van der Waals surface area contributed by atoms with Gasteiger partial charge in [-0.3, -0.25) is 9.59 Å². The van der Waals surface area contributed by atoms with E-state index in [0.29, 0.717) is 29.7 Å². The number of aromatic nitrogens is 1. The van der Waals surface area contributed by atoms with Crippen molar-refractivity contribution in [3.63, 3.8) is 0 Å². The molecule has 6 nitrogen and oxygen atoms in total. The molecule has 1 aliphatic rings. The molecule has 0 spiro atoms. The second-order valence-corrected chi connectivity index (χ2v) is 6.38. The summed E-state index contributed by atoms with van der Waals surface area (Å²) in [7, 11) is 1.40. The number of amides is 1. The van der Waals surface area contributed by atoms with Gasteiger partial charge in [0.1, 0.15) is 11.8 Å². The minimum Gasteiger partial charge on any atom is -0.491 e. The number of hydrogen-bond donors (Lipinski definition) is 1. The van der Waals surface area contributed by atoms with E-state index in [0.717, 1.165) is 5.56 Å². The number of morpholine rings is 1. The largest absolute Gasteiger partial charge is 0.491 e. The minimum absolute atomic E-state index is 0.159. The van der Waals surface area contributed by atoms with Crippen LogP contribution in [0, 0.1) is 0 Å². The van der Waals surface area contributed by atoms with E-state index in [1.807, 2.05) is 6.07 Å². The van der Waals surface area contributed by atoms with Gasteiger partial charge in [-0.1, -0.05) is 29.3 Å². The monoisotopic (exact) mass is 382 g/mol. The minimum atomic E-state index is -0.348. The van der Waals surface area contributed by atoms with Crippen LogP contribution in [-0.4, -0.2) is 42.6 Å². The summed E-state index contributed by atoms with van der Waals surface area (Å²) < 4.78 is 10.7. The Labute approximate surface area is 154 Å². The smallest absolute Gasteiger partial charge is 0.270 e. The number of rotatable bonds is 3. The molecular weight excluding hydrogens is 367 g/mol. The number of carbonyl (C=O) groups excluding carboxylic acids is 1. The first-order chi connectivity index (χ1) is 12.0. The molecule has 132 valence electrons. The summed E-state index contributed by atoms with van der Waals surface area (Å²) in [4.78, 5) is 28.9. The van der Waals surface area contributed by atoms with E-state index in [2.05, 4.69) is 4.98 Å². The zero-order valence-electron chi connectivity index (χ0n) is 13.4. The lowest BCUT2D eigenvalue weighted by Crippen LogP contribution is -2.42. The quantitative estimate of drug-likeness (QED) is 0.885. The van der Waals surface area contributed by atoms with E-state index < -0.39 is 0 Å². The molecule has 1 fully saturated rings. The van der Waals surface area contributed by atoms with Crippen LogP contribution < -0.4 is 10.2 Å². The number of benzene rings is 1. The van der Waals surface area contributed by atoms with Crippen LogP contribution in [0.5, 0.6) is 5.75 Å². The van der Waals surface area contributed by atoms with Crippen molar-refractivity contribution in [1.29, 1.82) is 0 Å². The van der Waals surface area contributed by atoms with E-state index in [-0.39, 0.29) is 28.9 Å². The van der Waals surface area contributed by atoms with E-state index in [1.165, 1.54) is 19.4 Å². The third-order valence-electron chi connectivity index (χ3n) is 4.00. The predicted octanol–water partition coefficient (Wildman–Crippen LogP) is 2.90. The van der Waals surface area contributed by atoms with Crippen molar-refractivity contribution < 1.29 is 14.3 Å². The Morgan fingerprint density at radius 3 is 2.80 bits per heavy atom. The predicted molar refractivity (Wildman–Crippen MR) is 94.7 cm³/mol. The van der Waals surface area contributed by atoms with Crippen molar-refractivity contribution in [1.82, 2.24) is 9.88 Å². The number of H-pyrrole nitrogens is 1. The molecule has 1 amide bonds. The highest BCUT2D eigenvalue weighted by molar-refractivity contribution is 6.42. The van der Waals surface area contributed by atoms with E-state index >= 15 is 0 Å². The number of methoxy groups -OCH3 is 1. The van der Waals surface area contributed by atoms with Crippen LogP contribution in [0.3, 0.4) is 0 Å². The third-order valence-corrected chi connectivity index (χ3v) is 4.74. The van der Waals surface area contributed by atoms with Crippen molar-refractivity contribution in [3.8, 4) is 5.75 Å². The van der Waals surface area contributed by atoms with Crippen LogP contribution in [0.15, 0.2) is 35.3 Å². The SMILES string of the molecule is COc1c[nH]c(C(=O)N2CCO[C@H](c3ccc(Cl)c(Cl)c3)C2)cc1=O. The summed E-state index contributed by atoms with van der Waals surface area (Å²) >= 11 is 12.0. The molecule has 0 saturated carbocycles. The molecule has 0 bridgehead atoms. The molecular formula is C17H16Cl2N2O4. The van der Waals surface area contributed by atoms with Crippen molar-refractivity contribution in [2.75, 3.05) is 26.8 Å². The Bertz CT molecular complexity index is 853. The van der Waals surface area contributed by atoms with Gasteiger partial charge in [0.05, 0.1) is 30.3 Å². The zero-order valence-corrected chi connectivity index (χ0v) is 14.9. The van der Waals surface area contributed by atoms with E-state index in [4.69, 9.17) is 32.7 Å². The number of carbonyl (C=O) groups is 1. The van der Waals surface area contributed by atoms with Gasteiger partial charge < -0.3 is 19.4 Å². The zero-order chi connectivity index (χ0) is 18.0. The third kappa shape index (κ3) is 3.81. The molecule has 1 aromatic carbocycles. The molecule has 1 N–H and O–H groups in total. The first-order valence-electron chi connectivity index (χ1n) is 7.62. The maximum Gasteiger partial charge on any atom is 0.270 e. The number of nitrogens with one attached hydrogen (secondary N) is 1. The average Bonchev–Trinajstić information content (AvgIpc) is 2.63. The van der Waals surface area contributed by atoms with Crippen molar-refractivity contribution in [2.24, 2.45) is 0 Å². The molecule has 1 atom stereocenters.